The normalized spacial score (nSPS) is 16.2. The predicted molar refractivity (Wildman–Crippen MR) is 127 cm³/mol. The maximum absolute atomic E-state index is 13.4. The number of ether oxygens (including phenoxy) is 1. The summed E-state index contributed by atoms with van der Waals surface area (Å²) in [4.78, 5) is 12.4. The molecule has 29 heavy (non-hydrogen) atoms. The second-order valence-electron chi connectivity index (χ2n) is 6.60. The lowest BCUT2D eigenvalue weighted by atomic mass is 10.0. The Bertz CT molecular complexity index is 764. The molecule has 2 N–H and O–H groups in total. The fourth-order valence-corrected chi connectivity index (χ4v) is 4.00. The Morgan fingerprint density at radius 1 is 1.28 bits per heavy atom. The molecule has 0 aliphatic carbocycles. The van der Waals surface area contributed by atoms with E-state index in [1.165, 1.54) is 17.0 Å². The van der Waals surface area contributed by atoms with Crippen LogP contribution in [0.15, 0.2) is 35.5 Å². The minimum Gasteiger partial charge on any atom is -0.379 e. The molecule has 0 spiro atoms. The minimum atomic E-state index is -0.218. The number of thiazole rings is 1. The topological polar surface area (TPSA) is 61.8 Å². The van der Waals surface area contributed by atoms with Gasteiger partial charge in [0.05, 0.1) is 25.8 Å². The number of benzene rings is 1. The number of nitrogens with one attached hydrogen (secondary N) is 2. The van der Waals surface area contributed by atoms with E-state index in [0.29, 0.717) is 26.3 Å². The van der Waals surface area contributed by atoms with Crippen LogP contribution in [-0.4, -0.2) is 55.7 Å². The molecule has 2 heterocycles. The molecule has 1 aliphatic heterocycles. The van der Waals surface area contributed by atoms with Gasteiger partial charge in [0.2, 0.25) is 0 Å². The van der Waals surface area contributed by atoms with Crippen molar-refractivity contribution in [3.05, 3.63) is 51.7 Å². The van der Waals surface area contributed by atoms with Crippen LogP contribution in [0, 0.1) is 5.82 Å². The zero-order valence-electron chi connectivity index (χ0n) is 16.9. The van der Waals surface area contributed by atoms with Gasteiger partial charge >= 0.3 is 0 Å². The molecule has 1 fully saturated rings. The summed E-state index contributed by atoms with van der Waals surface area (Å²) in [6.45, 7) is 6.59. The molecule has 6 nitrogen and oxygen atoms in total. The molecule has 1 atom stereocenters. The van der Waals surface area contributed by atoms with Crippen molar-refractivity contribution in [3.63, 3.8) is 0 Å². The first-order valence-corrected chi connectivity index (χ1v) is 10.5. The monoisotopic (exact) mass is 533 g/mol. The molecule has 1 aliphatic rings. The highest BCUT2D eigenvalue weighted by Crippen LogP contribution is 2.21. The van der Waals surface area contributed by atoms with Gasteiger partial charge in [-0.1, -0.05) is 19.1 Å². The second kappa shape index (κ2) is 12.4. The summed E-state index contributed by atoms with van der Waals surface area (Å²) in [7, 11) is 1.76. The SMILES string of the molecule is CCc1cnc(CNC(=NC)NCC(c2ccc(F)cc2)N2CCOCC2)s1.I. The fraction of sp³-hybridized carbons (Fsp3) is 0.500. The summed E-state index contributed by atoms with van der Waals surface area (Å²) in [5.74, 6) is 0.512. The summed E-state index contributed by atoms with van der Waals surface area (Å²) < 4.78 is 18.9. The summed E-state index contributed by atoms with van der Waals surface area (Å²) >= 11 is 1.72. The number of hydrogen-bond acceptors (Lipinski definition) is 5. The van der Waals surface area contributed by atoms with E-state index in [1.54, 1.807) is 18.4 Å². The maximum Gasteiger partial charge on any atom is 0.191 e. The van der Waals surface area contributed by atoms with E-state index >= 15 is 0 Å². The fourth-order valence-electron chi connectivity index (χ4n) is 3.20. The lowest BCUT2D eigenvalue weighted by Crippen LogP contribution is -2.46. The Balaban J connectivity index is 0.00000300. The summed E-state index contributed by atoms with van der Waals surface area (Å²) in [6.07, 6.45) is 2.93. The van der Waals surface area contributed by atoms with Crippen molar-refractivity contribution in [2.24, 2.45) is 4.99 Å². The smallest absolute Gasteiger partial charge is 0.191 e. The van der Waals surface area contributed by atoms with Crippen LogP contribution < -0.4 is 10.6 Å². The van der Waals surface area contributed by atoms with Crippen LogP contribution in [0.25, 0.3) is 0 Å². The Labute approximate surface area is 193 Å². The van der Waals surface area contributed by atoms with E-state index in [9.17, 15) is 4.39 Å². The molecule has 1 unspecified atom stereocenters. The number of hydrogen-bond donors (Lipinski definition) is 2. The quantitative estimate of drug-likeness (QED) is 0.325. The Hall–Kier alpha value is -1.30. The van der Waals surface area contributed by atoms with Crippen LogP contribution >= 0.6 is 35.3 Å². The Morgan fingerprint density at radius 2 is 2.00 bits per heavy atom. The van der Waals surface area contributed by atoms with E-state index in [0.717, 1.165) is 36.0 Å². The number of nitrogens with zero attached hydrogens (tertiary/aromatic N) is 3. The highest BCUT2D eigenvalue weighted by molar-refractivity contribution is 14.0. The standard InChI is InChI=1S/C20H28FN5OS.HI/c1-3-17-12-23-19(28-17)14-25-20(22-2)24-13-18(26-8-10-27-11-9-26)15-4-6-16(21)7-5-15;/h4-7,12,18H,3,8-11,13-14H2,1-2H3,(H2,22,24,25);1H. The van der Waals surface area contributed by atoms with Crippen LogP contribution in [0.4, 0.5) is 4.39 Å². The molecule has 9 heteroatoms. The van der Waals surface area contributed by atoms with Gasteiger partial charge in [0.25, 0.3) is 0 Å². The first-order chi connectivity index (χ1) is 13.7. The highest BCUT2D eigenvalue weighted by atomic mass is 127. The van der Waals surface area contributed by atoms with Gasteiger partial charge in [0, 0.05) is 37.8 Å². The third-order valence-corrected chi connectivity index (χ3v) is 5.93. The Morgan fingerprint density at radius 3 is 2.62 bits per heavy atom. The lowest BCUT2D eigenvalue weighted by Gasteiger charge is -2.35. The van der Waals surface area contributed by atoms with Gasteiger partial charge in [-0.05, 0) is 24.1 Å². The van der Waals surface area contributed by atoms with E-state index in [-0.39, 0.29) is 35.8 Å². The molecule has 0 saturated carbocycles. The lowest BCUT2D eigenvalue weighted by molar-refractivity contribution is 0.0170. The van der Waals surface area contributed by atoms with Crippen LogP contribution in [0.5, 0.6) is 0 Å². The number of morpholine rings is 1. The molecule has 160 valence electrons. The number of rotatable bonds is 7. The van der Waals surface area contributed by atoms with E-state index < -0.39 is 0 Å². The summed E-state index contributed by atoms with van der Waals surface area (Å²) in [5.41, 5.74) is 1.08. The van der Waals surface area contributed by atoms with Crippen molar-refractivity contribution in [1.29, 1.82) is 0 Å². The van der Waals surface area contributed by atoms with Crippen molar-refractivity contribution in [2.75, 3.05) is 39.9 Å². The van der Waals surface area contributed by atoms with Crippen LogP contribution in [0.1, 0.15) is 28.4 Å². The minimum absolute atomic E-state index is 0. The third-order valence-electron chi connectivity index (χ3n) is 4.78. The largest absolute Gasteiger partial charge is 0.379 e. The molecular weight excluding hydrogens is 504 g/mol. The average molecular weight is 533 g/mol. The van der Waals surface area contributed by atoms with E-state index in [4.69, 9.17) is 4.74 Å². The molecule has 0 bridgehead atoms. The van der Waals surface area contributed by atoms with E-state index in [1.807, 2.05) is 18.3 Å². The molecular formula is C20H29FIN5OS. The van der Waals surface area contributed by atoms with Gasteiger partial charge in [0.1, 0.15) is 10.8 Å². The molecule has 0 amide bonds. The van der Waals surface area contributed by atoms with Crippen molar-refractivity contribution in [1.82, 2.24) is 20.5 Å². The van der Waals surface area contributed by atoms with Gasteiger partial charge in [-0.15, -0.1) is 35.3 Å². The van der Waals surface area contributed by atoms with Crippen LogP contribution in [-0.2, 0) is 17.7 Å². The van der Waals surface area contributed by atoms with Gasteiger partial charge in [-0.2, -0.15) is 0 Å². The molecule has 1 aromatic heterocycles. The average Bonchev–Trinajstić information content (AvgIpc) is 3.20. The van der Waals surface area contributed by atoms with Crippen LogP contribution in [0.3, 0.4) is 0 Å². The number of guanidine groups is 1. The first-order valence-electron chi connectivity index (χ1n) is 9.65. The highest BCUT2D eigenvalue weighted by Gasteiger charge is 2.23. The second-order valence-corrected chi connectivity index (χ2v) is 7.80. The van der Waals surface area contributed by atoms with Crippen molar-refractivity contribution >= 4 is 41.3 Å². The van der Waals surface area contributed by atoms with Crippen molar-refractivity contribution in [3.8, 4) is 0 Å². The third kappa shape index (κ3) is 7.16. The van der Waals surface area contributed by atoms with E-state index in [2.05, 4.69) is 32.4 Å². The number of aromatic nitrogens is 1. The number of aryl methyl sites for hydroxylation is 1. The molecule has 2 aromatic rings. The molecule has 1 saturated heterocycles. The number of aliphatic imine (C=N–C) groups is 1. The van der Waals surface area contributed by atoms with Crippen molar-refractivity contribution in [2.45, 2.75) is 25.9 Å². The zero-order chi connectivity index (χ0) is 19.8. The molecule has 1 aromatic carbocycles. The first kappa shape index (κ1) is 24.0. The number of halogens is 2. The Kier molecular flexibility index (Phi) is 10.3. The molecule has 3 rings (SSSR count). The van der Waals surface area contributed by atoms with Gasteiger partial charge in [0.15, 0.2) is 5.96 Å². The van der Waals surface area contributed by atoms with Crippen LogP contribution in [0.2, 0.25) is 0 Å². The molecule has 0 radical (unpaired) electrons. The maximum atomic E-state index is 13.4. The van der Waals surface area contributed by atoms with Gasteiger partial charge in [-0.25, -0.2) is 9.37 Å². The summed E-state index contributed by atoms with van der Waals surface area (Å²) in [5, 5.41) is 7.78. The summed E-state index contributed by atoms with van der Waals surface area (Å²) in [6, 6.07) is 6.87. The van der Waals surface area contributed by atoms with Crippen molar-refractivity contribution < 1.29 is 9.13 Å². The zero-order valence-corrected chi connectivity index (χ0v) is 20.0. The van der Waals surface area contributed by atoms with Gasteiger partial charge in [-0.3, -0.25) is 9.89 Å². The van der Waals surface area contributed by atoms with Gasteiger partial charge < -0.3 is 15.4 Å². The predicted octanol–water partition coefficient (Wildman–Crippen LogP) is 3.20.